The molecule has 10 nitrogen and oxygen atoms in total. The summed E-state index contributed by atoms with van der Waals surface area (Å²) in [6, 6.07) is 18.6. The Bertz CT molecular complexity index is 1670. The Morgan fingerprint density at radius 2 is 1.62 bits per heavy atom. The molecule has 0 aliphatic carbocycles. The number of aryl methyl sites for hydroxylation is 1. The summed E-state index contributed by atoms with van der Waals surface area (Å²) in [4.78, 5) is 36.8. The molecule has 2 fully saturated rings. The monoisotopic (exact) mass is 604 g/mol. The van der Waals surface area contributed by atoms with Crippen molar-refractivity contribution in [2.24, 2.45) is 7.05 Å². The van der Waals surface area contributed by atoms with Gasteiger partial charge in [0.05, 0.1) is 11.8 Å². The van der Waals surface area contributed by atoms with Crippen LogP contribution in [0.2, 0.25) is 0 Å². The van der Waals surface area contributed by atoms with Crippen molar-refractivity contribution >= 4 is 23.7 Å². The molecule has 1 atom stereocenters. The van der Waals surface area contributed by atoms with Gasteiger partial charge in [0.25, 0.3) is 5.91 Å². The van der Waals surface area contributed by atoms with Crippen molar-refractivity contribution in [1.29, 1.82) is 0 Å². The Balaban J connectivity index is 0.997. The van der Waals surface area contributed by atoms with Gasteiger partial charge in [-0.2, -0.15) is 5.10 Å². The molecule has 2 aromatic heterocycles. The van der Waals surface area contributed by atoms with Crippen LogP contribution in [0, 0.1) is 0 Å². The van der Waals surface area contributed by atoms with Crippen molar-refractivity contribution in [2.75, 3.05) is 52.0 Å². The van der Waals surface area contributed by atoms with Gasteiger partial charge >= 0.3 is 0 Å². The molecular formula is C35H40N8O2. The molecule has 0 bridgehead atoms. The Morgan fingerprint density at radius 1 is 0.911 bits per heavy atom. The van der Waals surface area contributed by atoms with Gasteiger partial charge in [-0.15, -0.1) is 0 Å². The first kappa shape index (κ1) is 30.2. The molecule has 0 saturated carbocycles. The minimum Gasteiger partial charge on any atom is -0.383 e. The van der Waals surface area contributed by atoms with E-state index in [4.69, 9.17) is 5.73 Å². The summed E-state index contributed by atoms with van der Waals surface area (Å²) in [5, 5.41) is 7.20. The van der Waals surface area contributed by atoms with Gasteiger partial charge in [0, 0.05) is 88.5 Å². The maximum Gasteiger partial charge on any atom is 0.255 e. The van der Waals surface area contributed by atoms with Crippen molar-refractivity contribution in [1.82, 2.24) is 34.8 Å². The fourth-order valence-electron chi connectivity index (χ4n) is 5.85. The van der Waals surface area contributed by atoms with Crippen LogP contribution in [0.5, 0.6) is 0 Å². The van der Waals surface area contributed by atoms with Crippen LogP contribution in [0.3, 0.4) is 0 Å². The fourth-order valence-corrected chi connectivity index (χ4v) is 5.85. The van der Waals surface area contributed by atoms with Gasteiger partial charge in [-0.25, -0.2) is 4.98 Å². The van der Waals surface area contributed by atoms with Gasteiger partial charge in [0.2, 0.25) is 5.91 Å². The number of nitrogens with zero attached hydrogens (tertiary/aromatic N) is 6. The van der Waals surface area contributed by atoms with Gasteiger partial charge in [0.1, 0.15) is 5.82 Å². The van der Waals surface area contributed by atoms with E-state index in [2.05, 4.69) is 68.6 Å². The summed E-state index contributed by atoms with van der Waals surface area (Å²) >= 11 is 0. The van der Waals surface area contributed by atoms with E-state index in [1.807, 2.05) is 31.5 Å². The highest BCUT2D eigenvalue weighted by Gasteiger charge is 2.27. The largest absolute Gasteiger partial charge is 0.383 e. The average molecular weight is 605 g/mol. The maximum atomic E-state index is 13.1. The number of carbonyl (C=O) groups is 2. The van der Waals surface area contributed by atoms with Crippen LogP contribution in [0.15, 0.2) is 79.3 Å². The third-order valence-electron chi connectivity index (χ3n) is 8.65. The number of aromatic nitrogens is 3. The van der Waals surface area contributed by atoms with Crippen LogP contribution in [-0.4, -0.2) is 93.6 Å². The molecule has 6 rings (SSSR count). The summed E-state index contributed by atoms with van der Waals surface area (Å²) in [6.07, 6.45) is 9.31. The third kappa shape index (κ3) is 7.47. The van der Waals surface area contributed by atoms with Gasteiger partial charge in [-0.1, -0.05) is 48.5 Å². The first-order chi connectivity index (χ1) is 21.8. The quantitative estimate of drug-likeness (QED) is 0.296. The number of piperazine rings is 1. The summed E-state index contributed by atoms with van der Waals surface area (Å²) < 4.78 is 1.69. The molecule has 232 valence electrons. The second-order valence-electron chi connectivity index (χ2n) is 12.0. The number of likely N-dealkylation sites (tertiary alicyclic amines) is 1. The normalized spacial score (nSPS) is 17.6. The molecule has 4 heterocycles. The number of benzene rings is 2. The van der Waals surface area contributed by atoms with Gasteiger partial charge in [-0.3, -0.25) is 19.2 Å². The minimum absolute atomic E-state index is 0.0773. The predicted molar refractivity (Wildman–Crippen MR) is 177 cm³/mol. The Hall–Kier alpha value is -4.80. The standard InChI is InChI=1S/C35H40N8O2/c1-40-15-17-42(18-16-40)22-26-5-10-28(11-6-26)27-8-3-25(4-9-27)7-12-33(44)43-14-13-31(24-43)39-35(45)32-19-29(20-37-34(32)36)30-21-38-41(2)23-30/h3-12,19-21,23,31H,13-18,22,24H2,1-2H3,(H2,36,37)(H,39,45)/b12-7+/t31-/m1/s1. The summed E-state index contributed by atoms with van der Waals surface area (Å²) in [6.45, 7) is 6.47. The van der Waals surface area contributed by atoms with Crippen LogP contribution in [0.25, 0.3) is 28.3 Å². The highest BCUT2D eigenvalue weighted by Crippen LogP contribution is 2.23. The van der Waals surface area contributed by atoms with E-state index in [0.717, 1.165) is 55.0 Å². The van der Waals surface area contributed by atoms with Gasteiger partial charge in [-0.05, 0) is 47.9 Å². The number of hydrogen-bond acceptors (Lipinski definition) is 7. The SMILES string of the molecule is CN1CCN(Cc2ccc(-c3ccc(/C=C/C(=O)N4CC[C@@H](NC(=O)c5cc(-c6cnn(C)c6)cnc5N)C4)cc3)cc2)CC1. The van der Waals surface area contributed by atoms with E-state index in [9.17, 15) is 9.59 Å². The lowest BCUT2D eigenvalue weighted by Crippen LogP contribution is -2.43. The molecule has 2 aliphatic rings. The number of rotatable bonds is 8. The molecule has 3 N–H and O–H groups in total. The lowest BCUT2D eigenvalue weighted by molar-refractivity contribution is -0.125. The van der Waals surface area contributed by atoms with Crippen molar-refractivity contribution < 1.29 is 9.59 Å². The Kier molecular flexibility index (Phi) is 9.04. The van der Waals surface area contributed by atoms with E-state index >= 15 is 0 Å². The van der Waals surface area contributed by atoms with E-state index in [-0.39, 0.29) is 23.7 Å². The zero-order valence-electron chi connectivity index (χ0n) is 25.9. The first-order valence-corrected chi connectivity index (χ1v) is 15.4. The lowest BCUT2D eigenvalue weighted by atomic mass is 10.0. The summed E-state index contributed by atoms with van der Waals surface area (Å²) in [7, 11) is 4.01. The second-order valence-corrected chi connectivity index (χ2v) is 12.0. The van der Waals surface area contributed by atoms with Crippen molar-refractivity contribution in [2.45, 2.75) is 19.0 Å². The number of nitrogens with two attached hydrogens (primary N) is 1. The highest BCUT2D eigenvalue weighted by molar-refractivity contribution is 5.99. The van der Waals surface area contributed by atoms with Crippen LogP contribution in [0.1, 0.15) is 27.9 Å². The topological polar surface area (TPSA) is 113 Å². The van der Waals surface area contributed by atoms with Crippen molar-refractivity contribution in [3.63, 3.8) is 0 Å². The van der Waals surface area contributed by atoms with Crippen LogP contribution in [-0.2, 0) is 18.4 Å². The molecule has 2 aromatic carbocycles. The van der Waals surface area contributed by atoms with E-state index in [0.29, 0.717) is 25.1 Å². The molecule has 2 saturated heterocycles. The van der Waals surface area contributed by atoms with Gasteiger partial charge in [0.15, 0.2) is 0 Å². The van der Waals surface area contributed by atoms with Crippen LogP contribution in [0.4, 0.5) is 5.82 Å². The molecular weight excluding hydrogens is 564 g/mol. The summed E-state index contributed by atoms with van der Waals surface area (Å²) in [5.41, 5.74) is 12.6. The smallest absolute Gasteiger partial charge is 0.255 e. The number of nitrogen functional groups attached to an aromatic ring is 1. The summed E-state index contributed by atoms with van der Waals surface area (Å²) in [5.74, 6) is -0.213. The molecule has 4 aromatic rings. The lowest BCUT2D eigenvalue weighted by Gasteiger charge is -2.32. The molecule has 10 heteroatoms. The average Bonchev–Trinajstić information content (AvgIpc) is 3.71. The Morgan fingerprint density at radius 3 is 2.31 bits per heavy atom. The molecule has 2 amide bonds. The number of likely N-dealkylation sites (N-methyl/N-ethyl adjacent to an activating group) is 1. The fraction of sp³-hybridized carbons (Fsp3) is 0.314. The van der Waals surface area contributed by atoms with Crippen molar-refractivity contribution in [3.8, 4) is 22.3 Å². The minimum atomic E-state index is -0.301. The number of carbonyl (C=O) groups excluding carboxylic acids is 2. The molecule has 2 aliphatic heterocycles. The molecule has 45 heavy (non-hydrogen) atoms. The maximum absolute atomic E-state index is 13.1. The number of nitrogens with one attached hydrogen (secondary N) is 1. The molecule has 0 spiro atoms. The Labute approximate surface area is 264 Å². The first-order valence-electron chi connectivity index (χ1n) is 15.4. The highest BCUT2D eigenvalue weighted by atomic mass is 16.2. The van der Waals surface area contributed by atoms with Crippen LogP contribution >= 0.6 is 0 Å². The number of hydrogen-bond donors (Lipinski definition) is 2. The van der Waals surface area contributed by atoms with Crippen molar-refractivity contribution in [3.05, 3.63) is 96.0 Å². The van der Waals surface area contributed by atoms with E-state index in [1.165, 1.54) is 11.1 Å². The zero-order valence-corrected chi connectivity index (χ0v) is 25.9. The third-order valence-corrected chi connectivity index (χ3v) is 8.65. The second kappa shape index (κ2) is 13.5. The van der Waals surface area contributed by atoms with E-state index < -0.39 is 0 Å². The molecule has 0 radical (unpaired) electrons. The molecule has 0 unspecified atom stereocenters. The zero-order chi connectivity index (χ0) is 31.3. The van der Waals surface area contributed by atoms with Crippen LogP contribution < -0.4 is 11.1 Å². The predicted octanol–water partition coefficient (Wildman–Crippen LogP) is 3.52. The van der Waals surface area contributed by atoms with E-state index in [1.54, 1.807) is 34.1 Å². The number of amides is 2. The number of anilines is 1. The van der Waals surface area contributed by atoms with Gasteiger partial charge < -0.3 is 20.9 Å². The number of pyridine rings is 1.